The Morgan fingerprint density at radius 3 is 2.65 bits per heavy atom. The maximum atomic E-state index is 12.4. The average molecular weight is 371 g/mol. The Balaban J connectivity index is 1.40. The molecule has 0 unspecified atom stereocenters. The number of Topliss-reactive ketones (excluding diaryl/α,β-unsaturated/α-hetero) is 1. The fourth-order valence-corrected chi connectivity index (χ4v) is 4.04. The summed E-state index contributed by atoms with van der Waals surface area (Å²) in [6.45, 7) is 0. The molecule has 2 aromatic rings. The fraction of sp³-hybridized carbons (Fsp3) is 0.350. The molecule has 1 amide bonds. The second-order valence-corrected chi connectivity index (χ2v) is 7.86. The Bertz CT molecular complexity index is 879. The Hall–Kier alpha value is -2.40. The summed E-state index contributed by atoms with van der Waals surface area (Å²) in [7, 11) is 0. The average Bonchev–Trinajstić information content (AvgIpc) is 2.53. The molecule has 1 aromatic carbocycles. The summed E-state index contributed by atoms with van der Waals surface area (Å²) < 4.78 is 0. The number of halogens is 1. The standard InChI is InChI=1S/C20H19ClN2O3/c21-15-1-2-18(25)14(7-15)8-16(24)5-12-3-4-22-17(6-12)19(26)23-20-9-13(10-20)11-20/h1-4,6-7,13,25H,5,8-11H2,(H,23,26). The number of amides is 1. The zero-order valence-corrected chi connectivity index (χ0v) is 14.9. The number of phenolic OH excluding ortho intramolecular Hbond substituents is 1. The van der Waals surface area contributed by atoms with Gasteiger partial charge in [0.15, 0.2) is 0 Å². The Morgan fingerprint density at radius 1 is 1.19 bits per heavy atom. The number of hydrogen-bond donors (Lipinski definition) is 2. The lowest BCUT2D eigenvalue weighted by atomic mass is 9.50. The molecule has 5 rings (SSSR count). The third-order valence-corrected chi connectivity index (χ3v) is 5.54. The number of phenols is 1. The summed E-state index contributed by atoms with van der Waals surface area (Å²) in [6.07, 6.45) is 5.01. The minimum absolute atomic E-state index is 0.000636. The molecule has 3 fully saturated rings. The van der Waals surface area contributed by atoms with Gasteiger partial charge in [0, 0.05) is 35.2 Å². The molecule has 0 spiro atoms. The summed E-state index contributed by atoms with van der Waals surface area (Å²) in [5, 5.41) is 13.4. The molecule has 0 radical (unpaired) electrons. The van der Waals surface area contributed by atoms with E-state index in [4.69, 9.17) is 11.6 Å². The van der Waals surface area contributed by atoms with E-state index < -0.39 is 0 Å². The van der Waals surface area contributed by atoms with E-state index in [9.17, 15) is 14.7 Å². The van der Waals surface area contributed by atoms with Crippen molar-refractivity contribution in [2.24, 2.45) is 5.92 Å². The van der Waals surface area contributed by atoms with E-state index in [1.54, 1.807) is 30.5 Å². The minimum Gasteiger partial charge on any atom is -0.508 e. The summed E-state index contributed by atoms with van der Waals surface area (Å²) in [5.41, 5.74) is 1.57. The van der Waals surface area contributed by atoms with Crippen LogP contribution in [0.15, 0.2) is 36.5 Å². The summed E-state index contributed by atoms with van der Waals surface area (Å²) in [4.78, 5) is 28.9. The van der Waals surface area contributed by atoms with Crippen LogP contribution in [0.1, 0.15) is 40.9 Å². The molecule has 3 aliphatic rings. The van der Waals surface area contributed by atoms with Crippen LogP contribution in [0.4, 0.5) is 0 Å². The third kappa shape index (κ3) is 3.31. The first-order chi connectivity index (χ1) is 12.4. The van der Waals surface area contributed by atoms with Crippen LogP contribution in [0.5, 0.6) is 5.75 Å². The van der Waals surface area contributed by atoms with Gasteiger partial charge < -0.3 is 10.4 Å². The number of benzene rings is 1. The summed E-state index contributed by atoms with van der Waals surface area (Å²) in [6, 6.07) is 8.03. The molecule has 6 heteroatoms. The molecular weight excluding hydrogens is 352 g/mol. The highest BCUT2D eigenvalue weighted by Gasteiger charge is 2.57. The number of rotatable bonds is 6. The smallest absolute Gasteiger partial charge is 0.270 e. The van der Waals surface area contributed by atoms with Gasteiger partial charge in [-0.3, -0.25) is 14.6 Å². The van der Waals surface area contributed by atoms with Crippen molar-refractivity contribution in [3.05, 3.63) is 58.4 Å². The number of pyridine rings is 1. The van der Waals surface area contributed by atoms with Crippen molar-refractivity contribution in [1.29, 1.82) is 0 Å². The van der Waals surface area contributed by atoms with E-state index in [0.717, 1.165) is 30.7 Å². The molecule has 26 heavy (non-hydrogen) atoms. The Kier molecular flexibility index (Phi) is 4.19. The molecular formula is C20H19ClN2O3. The van der Waals surface area contributed by atoms with Crippen molar-refractivity contribution < 1.29 is 14.7 Å². The lowest BCUT2D eigenvalue weighted by Gasteiger charge is -2.61. The van der Waals surface area contributed by atoms with E-state index in [1.807, 2.05) is 0 Å². The van der Waals surface area contributed by atoms with Gasteiger partial charge in [0.1, 0.15) is 17.2 Å². The number of hydrogen-bond acceptors (Lipinski definition) is 4. The van der Waals surface area contributed by atoms with Crippen molar-refractivity contribution in [2.75, 3.05) is 0 Å². The second-order valence-electron chi connectivity index (χ2n) is 7.43. The van der Waals surface area contributed by atoms with Gasteiger partial charge in [-0.15, -0.1) is 0 Å². The van der Waals surface area contributed by atoms with E-state index in [0.29, 0.717) is 16.3 Å². The second kappa shape index (κ2) is 6.40. The first-order valence-electron chi connectivity index (χ1n) is 8.69. The quantitative estimate of drug-likeness (QED) is 0.819. The van der Waals surface area contributed by atoms with Gasteiger partial charge in [0.25, 0.3) is 5.91 Å². The van der Waals surface area contributed by atoms with Crippen molar-refractivity contribution in [1.82, 2.24) is 10.3 Å². The molecule has 134 valence electrons. The largest absolute Gasteiger partial charge is 0.508 e. The van der Waals surface area contributed by atoms with Crippen LogP contribution >= 0.6 is 11.6 Å². The Morgan fingerprint density at radius 2 is 1.96 bits per heavy atom. The first-order valence-corrected chi connectivity index (χ1v) is 9.07. The van der Waals surface area contributed by atoms with Gasteiger partial charge in [0.2, 0.25) is 0 Å². The zero-order valence-electron chi connectivity index (χ0n) is 14.2. The highest BCUT2D eigenvalue weighted by atomic mass is 35.5. The van der Waals surface area contributed by atoms with E-state index in [1.165, 1.54) is 6.07 Å². The van der Waals surface area contributed by atoms with Crippen LogP contribution in [0.2, 0.25) is 5.02 Å². The summed E-state index contributed by atoms with van der Waals surface area (Å²) >= 11 is 5.91. The van der Waals surface area contributed by atoms with Crippen molar-refractivity contribution in [3.63, 3.8) is 0 Å². The predicted octanol–water partition coefficient (Wildman–Crippen LogP) is 3.08. The molecule has 0 aliphatic heterocycles. The molecule has 0 atom stereocenters. The first kappa shape index (κ1) is 17.0. The fourth-order valence-electron chi connectivity index (χ4n) is 3.84. The van der Waals surface area contributed by atoms with Crippen LogP contribution in [-0.2, 0) is 17.6 Å². The summed E-state index contributed by atoms with van der Waals surface area (Å²) in [5.74, 6) is 0.593. The number of carbonyl (C=O) groups is 2. The van der Waals surface area contributed by atoms with E-state index in [-0.39, 0.29) is 35.8 Å². The van der Waals surface area contributed by atoms with Gasteiger partial charge in [-0.2, -0.15) is 0 Å². The molecule has 0 saturated heterocycles. The highest BCUT2D eigenvalue weighted by Crippen LogP contribution is 2.56. The molecule has 1 heterocycles. The maximum Gasteiger partial charge on any atom is 0.270 e. The monoisotopic (exact) mass is 370 g/mol. The molecule has 2 bridgehead atoms. The van der Waals surface area contributed by atoms with Crippen LogP contribution in [0.3, 0.4) is 0 Å². The number of nitrogens with zero attached hydrogens (tertiary/aromatic N) is 1. The van der Waals surface area contributed by atoms with E-state index in [2.05, 4.69) is 10.3 Å². The molecule has 3 aliphatic carbocycles. The van der Waals surface area contributed by atoms with Gasteiger partial charge in [-0.25, -0.2) is 0 Å². The molecule has 1 aromatic heterocycles. The molecule has 2 N–H and O–H groups in total. The van der Waals surface area contributed by atoms with Crippen LogP contribution in [-0.4, -0.2) is 27.3 Å². The maximum absolute atomic E-state index is 12.4. The lowest BCUT2D eigenvalue weighted by Crippen LogP contribution is -2.68. The van der Waals surface area contributed by atoms with Gasteiger partial charge in [-0.1, -0.05) is 11.6 Å². The number of ketones is 1. The van der Waals surface area contributed by atoms with Gasteiger partial charge in [-0.05, 0) is 61.1 Å². The normalized spacial score (nSPS) is 22.9. The van der Waals surface area contributed by atoms with Crippen LogP contribution in [0.25, 0.3) is 0 Å². The number of aromatic nitrogens is 1. The van der Waals surface area contributed by atoms with Gasteiger partial charge in [0.05, 0.1) is 0 Å². The Labute approximate surface area is 156 Å². The van der Waals surface area contributed by atoms with Crippen molar-refractivity contribution in [3.8, 4) is 5.75 Å². The SMILES string of the molecule is O=C(Cc1ccnc(C(=O)NC23CC(C2)C3)c1)Cc1cc(Cl)ccc1O. The molecule has 3 saturated carbocycles. The van der Waals surface area contributed by atoms with Gasteiger partial charge >= 0.3 is 0 Å². The number of carbonyl (C=O) groups excluding carboxylic acids is 2. The number of nitrogens with one attached hydrogen (secondary N) is 1. The minimum atomic E-state index is -0.176. The van der Waals surface area contributed by atoms with Crippen molar-refractivity contribution in [2.45, 2.75) is 37.6 Å². The van der Waals surface area contributed by atoms with Crippen LogP contribution in [0, 0.1) is 5.92 Å². The number of aromatic hydroxyl groups is 1. The lowest BCUT2D eigenvalue weighted by molar-refractivity contribution is -0.117. The van der Waals surface area contributed by atoms with E-state index >= 15 is 0 Å². The zero-order chi connectivity index (χ0) is 18.3. The van der Waals surface area contributed by atoms with Crippen molar-refractivity contribution >= 4 is 23.3 Å². The topological polar surface area (TPSA) is 79.3 Å². The highest BCUT2D eigenvalue weighted by molar-refractivity contribution is 6.30. The van der Waals surface area contributed by atoms with Crippen LogP contribution < -0.4 is 5.32 Å². The third-order valence-electron chi connectivity index (χ3n) is 5.30. The molecule has 5 nitrogen and oxygen atoms in total. The predicted molar refractivity (Wildman–Crippen MR) is 97.3 cm³/mol.